The van der Waals surface area contributed by atoms with Gasteiger partial charge in [-0.25, -0.2) is 4.39 Å². The average Bonchev–Trinajstić information content (AvgIpc) is 3.15. The van der Waals surface area contributed by atoms with E-state index in [4.69, 9.17) is 0 Å². The number of likely N-dealkylation sites (tertiary alicyclic amines) is 1. The van der Waals surface area contributed by atoms with E-state index in [1.807, 2.05) is 30.1 Å². The highest BCUT2D eigenvalue weighted by Gasteiger charge is 2.23. The number of halogens is 1. The van der Waals surface area contributed by atoms with Crippen molar-refractivity contribution in [3.8, 4) is 0 Å². The molecule has 1 N–H and O–H groups in total. The monoisotopic (exact) mass is 343 g/mol. The van der Waals surface area contributed by atoms with Gasteiger partial charge in [-0.05, 0) is 55.5 Å². The molecule has 1 aliphatic rings. The van der Waals surface area contributed by atoms with Crippen molar-refractivity contribution in [2.24, 2.45) is 5.92 Å². The molecule has 1 amide bonds. The van der Waals surface area contributed by atoms with Crippen LogP contribution in [0.4, 0.5) is 4.39 Å². The van der Waals surface area contributed by atoms with E-state index in [1.165, 1.54) is 24.1 Å². The maximum Gasteiger partial charge on any atom is 0.255 e. The smallest absolute Gasteiger partial charge is 0.255 e. The van der Waals surface area contributed by atoms with Crippen molar-refractivity contribution in [2.45, 2.75) is 19.3 Å². The van der Waals surface area contributed by atoms with Crippen molar-refractivity contribution < 1.29 is 9.18 Å². The molecule has 4 nitrogen and oxygen atoms in total. The van der Waals surface area contributed by atoms with Gasteiger partial charge in [0.2, 0.25) is 0 Å². The van der Waals surface area contributed by atoms with Gasteiger partial charge in [-0.1, -0.05) is 12.1 Å². The van der Waals surface area contributed by atoms with Gasteiger partial charge < -0.3 is 14.8 Å². The highest BCUT2D eigenvalue weighted by molar-refractivity contribution is 5.93. The minimum absolute atomic E-state index is 0.0738. The van der Waals surface area contributed by atoms with Gasteiger partial charge in [0.1, 0.15) is 5.82 Å². The third-order valence-corrected chi connectivity index (χ3v) is 4.96. The van der Waals surface area contributed by atoms with Crippen LogP contribution < -0.4 is 0 Å². The predicted octanol–water partition coefficient (Wildman–Crippen LogP) is 3.18. The van der Waals surface area contributed by atoms with Crippen LogP contribution >= 0.6 is 0 Å². The number of carbonyl (C=O) groups excluding carboxylic acids is 1. The van der Waals surface area contributed by atoms with Crippen LogP contribution in [-0.2, 0) is 6.42 Å². The molecule has 0 spiro atoms. The van der Waals surface area contributed by atoms with Gasteiger partial charge in [-0.15, -0.1) is 0 Å². The second-order valence-electron chi connectivity index (χ2n) is 6.97. The molecule has 2 heterocycles. The number of hydrogen-bond acceptors (Lipinski definition) is 2. The number of piperidine rings is 1. The molecule has 0 unspecified atom stereocenters. The first-order valence-corrected chi connectivity index (χ1v) is 8.97. The third kappa shape index (κ3) is 4.92. The second kappa shape index (κ2) is 8.30. The van der Waals surface area contributed by atoms with Crippen LogP contribution in [0.3, 0.4) is 0 Å². The topological polar surface area (TPSA) is 39.3 Å². The van der Waals surface area contributed by atoms with E-state index in [0.717, 1.165) is 39.0 Å². The number of aromatic amines is 1. The molecule has 3 rings (SSSR count). The summed E-state index contributed by atoms with van der Waals surface area (Å²) in [5, 5.41) is 0. The van der Waals surface area contributed by atoms with Gasteiger partial charge in [-0.2, -0.15) is 0 Å². The Bertz CT molecular complexity index is 669. The number of H-pyrrole nitrogens is 1. The van der Waals surface area contributed by atoms with Crippen LogP contribution in [0.5, 0.6) is 0 Å². The Morgan fingerprint density at radius 1 is 1.32 bits per heavy atom. The lowest BCUT2D eigenvalue weighted by Crippen LogP contribution is -2.42. The van der Waals surface area contributed by atoms with Gasteiger partial charge in [0.15, 0.2) is 0 Å². The fourth-order valence-corrected chi connectivity index (χ4v) is 3.59. The Balaban J connectivity index is 1.47. The molecule has 0 radical (unpaired) electrons. The van der Waals surface area contributed by atoms with E-state index in [0.29, 0.717) is 11.5 Å². The number of carbonyl (C=O) groups is 1. The number of benzene rings is 1. The fourth-order valence-electron chi connectivity index (χ4n) is 3.59. The number of amides is 1. The maximum atomic E-state index is 13.0. The van der Waals surface area contributed by atoms with Crippen LogP contribution in [0, 0.1) is 11.7 Å². The minimum atomic E-state index is -0.183. The van der Waals surface area contributed by atoms with Gasteiger partial charge in [0.05, 0.1) is 5.56 Å². The number of aromatic nitrogens is 1. The first-order chi connectivity index (χ1) is 12.1. The summed E-state index contributed by atoms with van der Waals surface area (Å²) in [5.74, 6) is 0.399. The van der Waals surface area contributed by atoms with Crippen LogP contribution in [0.15, 0.2) is 42.7 Å². The quantitative estimate of drug-likeness (QED) is 0.875. The van der Waals surface area contributed by atoms with E-state index >= 15 is 0 Å². The van der Waals surface area contributed by atoms with Gasteiger partial charge >= 0.3 is 0 Å². The summed E-state index contributed by atoms with van der Waals surface area (Å²) in [6.45, 7) is 3.90. The molecule has 0 bridgehead atoms. The number of rotatable bonds is 6. The van der Waals surface area contributed by atoms with Crippen molar-refractivity contribution in [2.75, 3.05) is 33.2 Å². The molecule has 1 aromatic carbocycles. The van der Waals surface area contributed by atoms with Gasteiger partial charge in [-0.3, -0.25) is 4.79 Å². The molecule has 2 aromatic rings. The predicted molar refractivity (Wildman–Crippen MR) is 97.0 cm³/mol. The zero-order valence-corrected chi connectivity index (χ0v) is 14.7. The minimum Gasteiger partial charge on any atom is -0.367 e. The maximum absolute atomic E-state index is 13.0. The lowest BCUT2D eigenvalue weighted by molar-refractivity contribution is 0.0730. The van der Waals surface area contributed by atoms with Crippen molar-refractivity contribution >= 4 is 5.91 Å². The Morgan fingerprint density at radius 2 is 2.12 bits per heavy atom. The van der Waals surface area contributed by atoms with Crippen LogP contribution in [-0.4, -0.2) is 53.9 Å². The first kappa shape index (κ1) is 17.7. The summed E-state index contributed by atoms with van der Waals surface area (Å²) in [7, 11) is 1.88. The molecule has 1 atom stereocenters. The van der Waals surface area contributed by atoms with Crippen molar-refractivity contribution in [1.29, 1.82) is 0 Å². The molecule has 25 heavy (non-hydrogen) atoms. The van der Waals surface area contributed by atoms with Crippen LogP contribution in [0.1, 0.15) is 28.8 Å². The summed E-state index contributed by atoms with van der Waals surface area (Å²) in [6, 6.07) is 8.58. The third-order valence-electron chi connectivity index (χ3n) is 4.96. The number of nitrogens with one attached hydrogen (secondary N) is 1. The Labute approximate surface area is 148 Å². The largest absolute Gasteiger partial charge is 0.367 e. The normalized spacial score (nSPS) is 18.2. The molecule has 1 aromatic heterocycles. The van der Waals surface area contributed by atoms with Crippen molar-refractivity contribution in [3.63, 3.8) is 0 Å². The summed E-state index contributed by atoms with van der Waals surface area (Å²) in [6.07, 6.45) is 6.79. The lowest BCUT2D eigenvalue weighted by atomic mass is 9.97. The van der Waals surface area contributed by atoms with Crippen molar-refractivity contribution in [1.82, 2.24) is 14.8 Å². The number of nitrogens with zero attached hydrogens (tertiary/aromatic N) is 2. The first-order valence-electron chi connectivity index (χ1n) is 8.97. The second-order valence-corrected chi connectivity index (χ2v) is 6.97. The molecule has 1 aliphatic heterocycles. The zero-order valence-electron chi connectivity index (χ0n) is 14.7. The summed E-state index contributed by atoms with van der Waals surface area (Å²) >= 11 is 0. The van der Waals surface area contributed by atoms with Crippen LogP contribution in [0.25, 0.3) is 0 Å². The average molecular weight is 343 g/mol. The molecule has 0 aliphatic carbocycles. The van der Waals surface area contributed by atoms with Crippen LogP contribution in [0.2, 0.25) is 0 Å². The Morgan fingerprint density at radius 3 is 2.84 bits per heavy atom. The highest BCUT2D eigenvalue weighted by Crippen LogP contribution is 2.18. The van der Waals surface area contributed by atoms with Gasteiger partial charge in [0.25, 0.3) is 5.91 Å². The number of hydrogen-bond donors (Lipinski definition) is 1. The standard InChI is InChI=1S/C20H26FN3O/c1-23(20(25)18-8-10-22-13-18)14-17-3-2-11-24(15-17)12-9-16-4-6-19(21)7-5-16/h4-8,10,13,17,22H,2-3,9,11-12,14-15H2,1H3/t17-/m0/s1. The molecular formula is C20H26FN3O. The molecule has 1 fully saturated rings. The lowest BCUT2D eigenvalue weighted by Gasteiger charge is -2.34. The van der Waals surface area contributed by atoms with E-state index in [2.05, 4.69) is 9.88 Å². The molecule has 5 heteroatoms. The highest BCUT2D eigenvalue weighted by atomic mass is 19.1. The Hall–Kier alpha value is -2.14. The molecule has 0 saturated carbocycles. The Kier molecular flexibility index (Phi) is 5.87. The van der Waals surface area contributed by atoms with E-state index in [-0.39, 0.29) is 11.7 Å². The fraction of sp³-hybridized carbons (Fsp3) is 0.450. The SMILES string of the molecule is CN(C[C@@H]1CCCN(CCc2ccc(F)cc2)C1)C(=O)c1cc[nH]c1. The molecule has 134 valence electrons. The van der Waals surface area contributed by atoms with Gasteiger partial charge in [0, 0.05) is 39.1 Å². The summed E-state index contributed by atoms with van der Waals surface area (Å²) in [4.78, 5) is 19.6. The van der Waals surface area contributed by atoms with E-state index < -0.39 is 0 Å². The summed E-state index contributed by atoms with van der Waals surface area (Å²) in [5.41, 5.74) is 1.88. The van der Waals surface area contributed by atoms with Crippen molar-refractivity contribution in [3.05, 3.63) is 59.7 Å². The van der Waals surface area contributed by atoms with E-state index in [1.54, 1.807) is 12.4 Å². The zero-order chi connectivity index (χ0) is 17.6. The summed E-state index contributed by atoms with van der Waals surface area (Å²) < 4.78 is 13.0. The molecular weight excluding hydrogens is 317 g/mol. The van der Waals surface area contributed by atoms with E-state index in [9.17, 15) is 9.18 Å². The molecule has 1 saturated heterocycles.